The lowest BCUT2D eigenvalue weighted by Gasteiger charge is -2.31. The molecule has 0 radical (unpaired) electrons. The van der Waals surface area contributed by atoms with Crippen LogP contribution in [-0.4, -0.2) is 41.9 Å². The molecule has 1 unspecified atom stereocenters. The third-order valence-corrected chi connectivity index (χ3v) is 4.00. The first kappa shape index (κ1) is 14.3. The van der Waals surface area contributed by atoms with E-state index < -0.39 is 11.9 Å². The number of likely N-dealkylation sites (N-methyl/N-ethyl adjacent to an activating group) is 1. The van der Waals surface area contributed by atoms with Crippen molar-refractivity contribution in [1.29, 1.82) is 0 Å². The number of hydrogen-bond donors (Lipinski definition) is 1. The molecule has 0 aromatic heterocycles. The van der Waals surface area contributed by atoms with Gasteiger partial charge in [0.2, 0.25) is 0 Å². The quantitative estimate of drug-likeness (QED) is 0.866. The van der Waals surface area contributed by atoms with Gasteiger partial charge in [0, 0.05) is 19.2 Å². The van der Waals surface area contributed by atoms with Crippen LogP contribution in [0.25, 0.3) is 0 Å². The average Bonchev–Trinajstić information content (AvgIpc) is 2.82. The Morgan fingerprint density at radius 1 is 1.41 bits per heavy atom. The summed E-state index contributed by atoms with van der Waals surface area (Å²) in [5, 5.41) is 2.70. The fourth-order valence-electron chi connectivity index (χ4n) is 2.87. The number of carbonyl (C=O) groups is 2. The average molecular weight is 301 g/mol. The molecule has 2 aliphatic rings. The molecule has 3 amide bonds. The Bertz CT molecular complexity index is 698. The number of hydrogen-bond acceptors (Lipinski definition) is 2. The zero-order valence-corrected chi connectivity index (χ0v) is 12.2. The van der Waals surface area contributed by atoms with E-state index in [4.69, 9.17) is 0 Å². The molecule has 0 bridgehead atoms. The lowest BCUT2D eigenvalue weighted by atomic mass is 9.95. The lowest BCUT2D eigenvalue weighted by Crippen LogP contribution is -2.45. The Kier molecular flexibility index (Phi) is 3.44. The summed E-state index contributed by atoms with van der Waals surface area (Å²) in [6, 6.07) is 5.05. The van der Waals surface area contributed by atoms with Crippen LogP contribution in [0.5, 0.6) is 0 Å². The summed E-state index contributed by atoms with van der Waals surface area (Å²) < 4.78 is 14.1. The van der Waals surface area contributed by atoms with Crippen molar-refractivity contribution in [2.24, 2.45) is 0 Å². The first-order valence-electron chi connectivity index (χ1n) is 6.96. The van der Waals surface area contributed by atoms with Gasteiger partial charge in [-0.05, 0) is 6.07 Å². The van der Waals surface area contributed by atoms with Crippen LogP contribution in [-0.2, 0) is 4.79 Å². The van der Waals surface area contributed by atoms with Crippen molar-refractivity contribution in [2.45, 2.75) is 6.04 Å². The van der Waals surface area contributed by atoms with Crippen LogP contribution >= 0.6 is 0 Å². The molecule has 3 rings (SSSR count). The van der Waals surface area contributed by atoms with E-state index in [1.54, 1.807) is 36.2 Å². The molecule has 1 N–H and O–H groups in total. The second kappa shape index (κ2) is 5.29. The van der Waals surface area contributed by atoms with Gasteiger partial charge in [0.15, 0.2) is 0 Å². The molecule has 6 heteroatoms. The molecular weight excluding hydrogens is 285 g/mol. The summed E-state index contributed by atoms with van der Waals surface area (Å²) >= 11 is 0. The van der Waals surface area contributed by atoms with Crippen molar-refractivity contribution in [3.05, 3.63) is 59.6 Å². The highest BCUT2D eigenvalue weighted by Crippen LogP contribution is 2.36. The second-order valence-corrected chi connectivity index (χ2v) is 5.30. The van der Waals surface area contributed by atoms with Crippen LogP contribution in [0.15, 0.2) is 48.2 Å². The zero-order chi connectivity index (χ0) is 15.9. The molecule has 5 nitrogen and oxygen atoms in total. The fourth-order valence-corrected chi connectivity index (χ4v) is 2.87. The topological polar surface area (TPSA) is 52.7 Å². The first-order chi connectivity index (χ1) is 10.5. The van der Waals surface area contributed by atoms with Gasteiger partial charge in [-0.25, -0.2) is 9.18 Å². The molecule has 114 valence electrons. The van der Waals surface area contributed by atoms with Crippen molar-refractivity contribution in [3.63, 3.8) is 0 Å². The lowest BCUT2D eigenvalue weighted by molar-refractivity contribution is -0.125. The van der Waals surface area contributed by atoms with E-state index in [1.165, 1.54) is 11.0 Å². The van der Waals surface area contributed by atoms with Gasteiger partial charge in [-0.1, -0.05) is 24.3 Å². The van der Waals surface area contributed by atoms with Crippen molar-refractivity contribution in [1.82, 2.24) is 15.1 Å². The number of carbonyl (C=O) groups excluding carboxylic acids is 2. The number of amides is 3. The minimum absolute atomic E-state index is 0.199. The van der Waals surface area contributed by atoms with Crippen molar-refractivity contribution in [3.8, 4) is 0 Å². The number of urea groups is 1. The van der Waals surface area contributed by atoms with Gasteiger partial charge < -0.3 is 10.2 Å². The normalized spacial score (nSPS) is 21.1. The van der Waals surface area contributed by atoms with E-state index in [9.17, 15) is 14.0 Å². The SMILES string of the molecule is C=CCN1CC2=C(C1=O)C(c1ccccc1F)NC(=O)N2C. The number of halogens is 1. The van der Waals surface area contributed by atoms with E-state index in [-0.39, 0.29) is 11.9 Å². The summed E-state index contributed by atoms with van der Waals surface area (Å²) in [6.07, 6.45) is 1.63. The van der Waals surface area contributed by atoms with Crippen LogP contribution in [0.1, 0.15) is 11.6 Å². The highest BCUT2D eigenvalue weighted by Gasteiger charge is 2.43. The predicted molar refractivity (Wildman–Crippen MR) is 79.2 cm³/mol. The summed E-state index contributed by atoms with van der Waals surface area (Å²) in [5.41, 5.74) is 1.34. The minimum Gasteiger partial charge on any atom is -0.329 e. The first-order valence-corrected chi connectivity index (χ1v) is 6.96. The largest absolute Gasteiger partial charge is 0.329 e. The molecule has 0 aliphatic carbocycles. The van der Waals surface area contributed by atoms with E-state index in [0.29, 0.717) is 29.9 Å². The van der Waals surface area contributed by atoms with E-state index in [0.717, 1.165) is 0 Å². The highest BCUT2D eigenvalue weighted by molar-refractivity contribution is 6.01. The van der Waals surface area contributed by atoms with Crippen molar-refractivity contribution in [2.75, 3.05) is 20.1 Å². The Morgan fingerprint density at radius 2 is 2.14 bits per heavy atom. The van der Waals surface area contributed by atoms with Crippen LogP contribution in [0.4, 0.5) is 9.18 Å². The van der Waals surface area contributed by atoms with Crippen LogP contribution in [0.3, 0.4) is 0 Å². The molecule has 0 spiro atoms. The standard InChI is InChI=1S/C16H16FN3O2/c1-3-8-20-9-12-13(15(20)21)14(18-16(22)19(12)2)10-6-4-5-7-11(10)17/h3-7,14H,1,8-9H2,2H3,(H,18,22). The maximum atomic E-state index is 14.1. The molecule has 0 fully saturated rings. The van der Waals surface area contributed by atoms with Gasteiger partial charge in [0.05, 0.1) is 23.9 Å². The van der Waals surface area contributed by atoms with Gasteiger partial charge in [-0.2, -0.15) is 0 Å². The maximum absolute atomic E-state index is 14.1. The number of nitrogens with zero attached hydrogens (tertiary/aromatic N) is 2. The molecule has 2 aliphatic heterocycles. The molecular formula is C16H16FN3O2. The summed E-state index contributed by atoms with van der Waals surface area (Å²) in [7, 11) is 1.60. The summed E-state index contributed by atoms with van der Waals surface area (Å²) in [5.74, 6) is -0.644. The van der Waals surface area contributed by atoms with Crippen LogP contribution in [0.2, 0.25) is 0 Å². The van der Waals surface area contributed by atoms with Gasteiger partial charge in [-0.3, -0.25) is 9.69 Å². The molecule has 1 aromatic rings. The molecule has 2 heterocycles. The Balaban J connectivity index is 2.08. The van der Waals surface area contributed by atoms with Crippen molar-refractivity contribution < 1.29 is 14.0 Å². The fraction of sp³-hybridized carbons (Fsp3) is 0.250. The van der Waals surface area contributed by atoms with Crippen LogP contribution < -0.4 is 5.32 Å². The third-order valence-electron chi connectivity index (χ3n) is 4.00. The number of nitrogens with one attached hydrogen (secondary N) is 1. The van der Waals surface area contributed by atoms with Gasteiger partial charge in [0.25, 0.3) is 5.91 Å². The summed E-state index contributed by atoms with van der Waals surface area (Å²) in [4.78, 5) is 27.7. The van der Waals surface area contributed by atoms with Crippen molar-refractivity contribution >= 4 is 11.9 Å². The van der Waals surface area contributed by atoms with E-state index in [2.05, 4.69) is 11.9 Å². The Labute approximate surface area is 127 Å². The molecule has 0 saturated carbocycles. The number of rotatable bonds is 3. The minimum atomic E-state index is -0.762. The van der Waals surface area contributed by atoms with E-state index >= 15 is 0 Å². The van der Waals surface area contributed by atoms with Crippen LogP contribution in [0, 0.1) is 5.82 Å². The zero-order valence-electron chi connectivity index (χ0n) is 12.2. The smallest absolute Gasteiger partial charge is 0.322 e. The highest BCUT2D eigenvalue weighted by atomic mass is 19.1. The second-order valence-electron chi connectivity index (χ2n) is 5.30. The Morgan fingerprint density at radius 3 is 2.82 bits per heavy atom. The third kappa shape index (κ3) is 2.07. The molecule has 1 atom stereocenters. The Hall–Kier alpha value is -2.63. The predicted octanol–water partition coefficient (Wildman–Crippen LogP) is 1.80. The number of benzene rings is 1. The maximum Gasteiger partial charge on any atom is 0.322 e. The van der Waals surface area contributed by atoms with Gasteiger partial charge in [-0.15, -0.1) is 6.58 Å². The van der Waals surface area contributed by atoms with Gasteiger partial charge >= 0.3 is 6.03 Å². The molecule has 1 aromatic carbocycles. The van der Waals surface area contributed by atoms with Gasteiger partial charge in [0.1, 0.15) is 5.82 Å². The monoisotopic (exact) mass is 301 g/mol. The molecule has 0 saturated heterocycles. The summed E-state index contributed by atoms with van der Waals surface area (Å²) in [6.45, 7) is 4.35. The van der Waals surface area contributed by atoms with E-state index in [1.807, 2.05) is 0 Å². The molecule has 22 heavy (non-hydrogen) atoms.